The molecule has 100 valence electrons. The van der Waals surface area contributed by atoms with E-state index in [1.165, 1.54) is 0 Å². The molecule has 1 amide bonds. The van der Waals surface area contributed by atoms with Gasteiger partial charge in [-0.15, -0.1) is 11.3 Å². The van der Waals surface area contributed by atoms with E-state index in [9.17, 15) is 4.79 Å². The van der Waals surface area contributed by atoms with E-state index in [-0.39, 0.29) is 5.91 Å². The molecule has 2 aromatic heterocycles. The zero-order valence-corrected chi connectivity index (χ0v) is 13.1. The van der Waals surface area contributed by atoms with Crippen molar-refractivity contribution in [1.29, 1.82) is 0 Å². The smallest absolute Gasteiger partial charge is 0.272 e. The van der Waals surface area contributed by atoms with Crippen LogP contribution in [0.4, 0.5) is 5.69 Å². The minimum absolute atomic E-state index is 0.0767. The number of carbonyl (C=O) groups excluding carboxylic acids is 1. The largest absolute Gasteiger partial charge is 0.387 e. The molecule has 19 heavy (non-hydrogen) atoms. The monoisotopic (exact) mass is 339 g/mol. The maximum Gasteiger partial charge on any atom is 0.272 e. The van der Waals surface area contributed by atoms with Crippen LogP contribution < -0.4 is 5.32 Å². The standard InChI is InChI=1S/C13H14BrN3OS/c1-15-10-3-4-12(16-6-10)13(18)17(2)7-11-5-9(14)8-19-11/h3-6,8,15H,7H2,1-2H3. The van der Waals surface area contributed by atoms with Crippen LogP contribution in [0, 0.1) is 0 Å². The Labute approximate surface area is 124 Å². The second kappa shape index (κ2) is 6.16. The van der Waals surface area contributed by atoms with Crippen molar-refractivity contribution in [2.75, 3.05) is 19.4 Å². The molecule has 0 radical (unpaired) electrons. The molecule has 0 aliphatic carbocycles. The van der Waals surface area contributed by atoms with Crippen molar-refractivity contribution in [1.82, 2.24) is 9.88 Å². The lowest BCUT2D eigenvalue weighted by atomic mass is 10.3. The van der Waals surface area contributed by atoms with Crippen molar-refractivity contribution < 1.29 is 4.79 Å². The molecule has 0 aliphatic rings. The minimum Gasteiger partial charge on any atom is -0.387 e. The van der Waals surface area contributed by atoms with E-state index in [0.717, 1.165) is 15.0 Å². The first-order valence-electron chi connectivity index (χ1n) is 5.72. The maximum atomic E-state index is 12.2. The summed E-state index contributed by atoms with van der Waals surface area (Å²) < 4.78 is 1.05. The molecule has 0 atom stereocenters. The van der Waals surface area contributed by atoms with Crippen LogP contribution in [-0.4, -0.2) is 29.9 Å². The number of hydrogen-bond donors (Lipinski definition) is 1. The predicted octanol–water partition coefficient (Wildman–Crippen LogP) is 3.22. The van der Waals surface area contributed by atoms with Gasteiger partial charge >= 0.3 is 0 Å². The van der Waals surface area contributed by atoms with Crippen LogP contribution in [0.1, 0.15) is 15.4 Å². The van der Waals surface area contributed by atoms with Gasteiger partial charge in [0.25, 0.3) is 5.91 Å². The van der Waals surface area contributed by atoms with E-state index in [4.69, 9.17) is 0 Å². The topological polar surface area (TPSA) is 45.2 Å². The molecule has 0 fully saturated rings. The van der Waals surface area contributed by atoms with E-state index in [0.29, 0.717) is 12.2 Å². The Morgan fingerprint density at radius 2 is 2.32 bits per heavy atom. The van der Waals surface area contributed by atoms with Gasteiger partial charge in [0.15, 0.2) is 0 Å². The van der Waals surface area contributed by atoms with Gasteiger partial charge in [-0.2, -0.15) is 0 Å². The van der Waals surface area contributed by atoms with Crippen LogP contribution in [0.3, 0.4) is 0 Å². The van der Waals surface area contributed by atoms with Gasteiger partial charge in [0.1, 0.15) is 5.69 Å². The molecular formula is C13H14BrN3OS. The summed E-state index contributed by atoms with van der Waals surface area (Å²) in [5, 5.41) is 4.98. The van der Waals surface area contributed by atoms with E-state index in [1.807, 2.05) is 24.6 Å². The number of nitrogens with one attached hydrogen (secondary N) is 1. The van der Waals surface area contributed by atoms with Crippen molar-refractivity contribution in [3.05, 3.63) is 44.8 Å². The predicted molar refractivity (Wildman–Crippen MR) is 81.6 cm³/mol. The first-order chi connectivity index (χ1) is 9.10. The molecule has 2 aromatic rings. The number of halogens is 1. The molecule has 2 heterocycles. The molecular weight excluding hydrogens is 326 g/mol. The van der Waals surface area contributed by atoms with Gasteiger partial charge in [-0.1, -0.05) is 0 Å². The van der Waals surface area contributed by atoms with Crippen LogP contribution in [0.15, 0.2) is 34.2 Å². The van der Waals surface area contributed by atoms with Crippen molar-refractivity contribution >= 4 is 38.9 Å². The first-order valence-corrected chi connectivity index (χ1v) is 7.39. The third-order valence-electron chi connectivity index (χ3n) is 2.63. The van der Waals surface area contributed by atoms with E-state index in [2.05, 4.69) is 26.2 Å². The van der Waals surface area contributed by atoms with Gasteiger partial charge in [0, 0.05) is 28.8 Å². The Morgan fingerprint density at radius 3 is 2.84 bits per heavy atom. The number of nitrogens with zero attached hydrogens (tertiary/aromatic N) is 2. The summed E-state index contributed by atoms with van der Waals surface area (Å²) in [5.74, 6) is -0.0767. The zero-order valence-electron chi connectivity index (χ0n) is 10.7. The SMILES string of the molecule is CNc1ccc(C(=O)N(C)Cc2cc(Br)cs2)nc1. The number of carbonyl (C=O) groups is 1. The van der Waals surface area contributed by atoms with Crippen LogP contribution >= 0.6 is 27.3 Å². The Balaban J connectivity index is 2.05. The number of aromatic nitrogens is 1. The molecule has 0 bridgehead atoms. The molecule has 0 saturated carbocycles. The molecule has 0 aliphatic heterocycles. The lowest BCUT2D eigenvalue weighted by molar-refractivity contribution is 0.0780. The average molecular weight is 340 g/mol. The van der Waals surface area contributed by atoms with Crippen LogP contribution in [0.5, 0.6) is 0 Å². The third kappa shape index (κ3) is 3.54. The van der Waals surface area contributed by atoms with Crippen molar-refractivity contribution in [2.45, 2.75) is 6.54 Å². The average Bonchev–Trinajstić information content (AvgIpc) is 2.83. The van der Waals surface area contributed by atoms with Gasteiger partial charge in [0.2, 0.25) is 0 Å². The Bertz CT molecular complexity index is 568. The summed E-state index contributed by atoms with van der Waals surface area (Å²) in [5.41, 5.74) is 1.35. The molecule has 1 N–H and O–H groups in total. The first kappa shape index (κ1) is 14.0. The fraction of sp³-hybridized carbons (Fsp3) is 0.231. The molecule has 0 aromatic carbocycles. The van der Waals surface area contributed by atoms with Crippen molar-refractivity contribution in [3.63, 3.8) is 0 Å². The van der Waals surface area contributed by atoms with Gasteiger partial charge in [0.05, 0.1) is 18.4 Å². The number of hydrogen-bond acceptors (Lipinski definition) is 4. The molecule has 2 rings (SSSR count). The number of pyridine rings is 1. The fourth-order valence-electron chi connectivity index (χ4n) is 1.61. The number of anilines is 1. The Hall–Kier alpha value is -1.40. The third-order valence-corrected chi connectivity index (χ3v) is 4.32. The van der Waals surface area contributed by atoms with Crippen LogP contribution in [0.2, 0.25) is 0 Å². The summed E-state index contributed by atoms with van der Waals surface area (Å²) in [6, 6.07) is 5.59. The summed E-state index contributed by atoms with van der Waals surface area (Å²) in [6.07, 6.45) is 1.66. The lowest BCUT2D eigenvalue weighted by Gasteiger charge is -2.15. The fourth-order valence-corrected chi connectivity index (χ4v) is 3.11. The molecule has 0 spiro atoms. The molecule has 4 nitrogen and oxygen atoms in total. The maximum absolute atomic E-state index is 12.2. The highest BCUT2D eigenvalue weighted by Gasteiger charge is 2.14. The highest BCUT2D eigenvalue weighted by molar-refractivity contribution is 9.10. The van der Waals surface area contributed by atoms with Crippen LogP contribution in [-0.2, 0) is 6.54 Å². The molecule has 0 unspecified atom stereocenters. The summed E-state index contributed by atoms with van der Waals surface area (Å²) in [7, 11) is 3.60. The van der Waals surface area contributed by atoms with Gasteiger partial charge < -0.3 is 10.2 Å². The number of amides is 1. The van der Waals surface area contributed by atoms with E-state index >= 15 is 0 Å². The lowest BCUT2D eigenvalue weighted by Crippen LogP contribution is -2.26. The minimum atomic E-state index is -0.0767. The van der Waals surface area contributed by atoms with E-state index in [1.54, 1.807) is 35.5 Å². The summed E-state index contributed by atoms with van der Waals surface area (Å²) in [6.45, 7) is 0.588. The highest BCUT2D eigenvalue weighted by Crippen LogP contribution is 2.21. The van der Waals surface area contributed by atoms with E-state index < -0.39 is 0 Å². The quantitative estimate of drug-likeness (QED) is 0.930. The zero-order chi connectivity index (χ0) is 13.8. The van der Waals surface area contributed by atoms with Crippen molar-refractivity contribution in [3.8, 4) is 0 Å². The van der Waals surface area contributed by atoms with Gasteiger partial charge in [-0.05, 0) is 34.1 Å². The second-order valence-corrected chi connectivity index (χ2v) is 5.99. The Kier molecular flexibility index (Phi) is 4.55. The number of thiophene rings is 1. The summed E-state index contributed by atoms with van der Waals surface area (Å²) in [4.78, 5) is 19.1. The molecule has 0 saturated heterocycles. The molecule has 6 heteroatoms. The normalized spacial score (nSPS) is 10.3. The summed E-state index contributed by atoms with van der Waals surface area (Å²) >= 11 is 5.03. The van der Waals surface area contributed by atoms with Gasteiger partial charge in [-0.3, -0.25) is 4.79 Å². The Morgan fingerprint density at radius 1 is 1.53 bits per heavy atom. The van der Waals surface area contributed by atoms with Crippen LogP contribution in [0.25, 0.3) is 0 Å². The number of rotatable bonds is 4. The second-order valence-electron chi connectivity index (χ2n) is 4.07. The van der Waals surface area contributed by atoms with Gasteiger partial charge in [-0.25, -0.2) is 4.98 Å². The highest BCUT2D eigenvalue weighted by atomic mass is 79.9. The van der Waals surface area contributed by atoms with Crippen molar-refractivity contribution in [2.24, 2.45) is 0 Å².